The second-order valence-corrected chi connectivity index (χ2v) is 5.12. The Labute approximate surface area is 112 Å². The number of amides is 1. The fraction of sp³-hybridized carbons (Fsp3) is 0.333. The van der Waals surface area contributed by atoms with Gasteiger partial charge in [-0.1, -0.05) is 17.7 Å². The summed E-state index contributed by atoms with van der Waals surface area (Å²) in [5.41, 5.74) is 3.21. The number of fused-ring (bicyclic) bond motifs is 1. The number of carbonyl (C=O) groups excluding carboxylic acids is 1. The standard InChI is InChI=1S/C15H17N3O/c1-11-2-4-13(5-3-11)17-15(19)12-6-7-18-10-16-9-14(18)8-12/h2-5,9-10,12H,6-8H2,1H3,(H,17,19). The Kier molecular flexibility index (Phi) is 3.07. The first-order chi connectivity index (χ1) is 9.22. The predicted molar refractivity (Wildman–Crippen MR) is 73.8 cm³/mol. The molecule has 1 atom stereocenters. The number of nitrogens with zero attached hydrogens (tertiary/aromatic N) is 2. The van der Waals surface area contributed by atoms with Crippen LogP contribution in [0.15, 0.2) is 36.8 Å². The lowest BCUT2D eigenvalue weighted by atomic mass is 9.95. The van der Waals surface area contributed by atoms with E-state index in [0.717, 1.165) is 30.8 Å². The fourth-order valence-electron chi connectivity index (χ4n) is 2.47. The highest BCUT2D eigenvalue weighted by Gasteiger charge is 2.24. The van der Waals surface area contributed by atoms with Gasteiger partial charge in [0.15, 0.2) is 0 Å². The van der Waals surface area contributed by atoms with Crippen LogP contribution in [0.5, 0.6) is 0 Å². The van der Waals surface area contributed by atoms with Crippen molar-refractivity contribution in [1.82, 2.24) is 9.55 Å². The lowest BCUT2D eigenvalue weighted by molar-refractivity contribution is -0.120. The van der Waals surface area contributed by atoms with Gasteiger partial charge in [0.05, 0.1) is 6.33 Å². The molecule has 0 aliphatic carbocycles. The van der Waals surface area contributed by atoms with Crippen molar-refractivity contribution in [3.8, 4) is 0 Å². The largest absolute Gasteiger partial charge is 0.335 e. The van der Waals surface area contributed by atoms with Crippen molar-refractivity contribution in [1.29, 1.82) is 0 Å². The third kappa shape index (κ3) is 2.52. The second-order valence-electron chi connectivity index (χ2n) is 5.12. The average Bonchev–Trinajstić information content (AvgIpc) is 2.88. The molecule has 1 aromatic heterocycles. The third-order valence-corrected chi connectivity index (χ3v) is 3.66. The van der Waals surface area contributed by atoms with Gasteiger partial charge in [-0.25, -0.2) is 4.98 Å². The van der Waals surface area contributed by atoms with Gasteiger partial charge in [0, 0.05) is 36.5 Å². The molecule has 1 aliphatic heterocycles. The normalized spacial score (nSPS) is 17.8. The molecule has 2 heterocycles. The van der Waals surface area contributed by atoms with Gasteiger partial charge in [-0.05, 0) is 25.5 Å². The first kappa shape index (κ1) is 12.0. The number of hydrogen-bond acceptors (Lipinski definition) is 2. The molecule has 1 aromatic carbocycles. The molecular weight excluding hydrogens is 238 g/mol. The zero-order valence-corrected chi connectivity index (χ0v) is 11.0. The SMILES string of the molecule is Cc1ccc(NC(=O)C2CCn3cncc3C2)cc1. The average molecular weight is 255 g/mol. The Morgan fingerprint density at radius 3 is 2.95 bits per heavy atom. The van der Waals surface area contributed by atoms with E-state index in [1.807, 2.05) is 43.7 Å². The Morgan fingerprint density at radius 2 is 2.16 bits per heavy atom. The minimum Gasteiger partial charge on any atom is -0.335 e. The predicted octanol–water partition coefficient (Wildman–Crippen LogP) is 2.39. The minimum absolute atomic E-state index is 0.0468. The van der Waals surface area contributed by atoms with Gasteiger partial charge in [0.1, 0.15) is 0 Å². The second kappa shape index (κ2) is 4.88. The van der Waals surface area contributed by atoms with Crippen LogP contribution in [0.4, 0.5) is 5.69 Å². The number of aryl methyl sites for hydroxylation is 2. The van der Waals surface area contributed by atoms with Crippen molar-refractivity contribution in [3.63, 3.8) is 0 Å². The van der Waals surface area contributed by atoms with Gasteiger partial charge in [-0.3, -0.25) is 4.79 Å². The molecule has 0 spiro atoms. The van der Waals surface area contributed by atoms with E-state index in [4.69, 9.17) is 0 Å². The number of imidazole rings is 1. The topological polar surface area (TPSA) is 46.9 Å². The van der Waals surface area contributed by atoms with Gasteiger partial charge in [-0.15, -0.1) is 0 Å². The number of carbonyl (C=O) groups is 1. The molecule has 98 valence electrons. The summed E-state index contributed by atoms with van der Waals surface area (Å²) in [4.78, 5) is 16.4. The van der Waals surface area contributed by atoms with E-state index < -0.39 is 0 Å². The van der Waals surface area contributed by atoms with Crippen molar-refractivity contribution in [2.75, 3.05) is 5.32 Å². The first-order valence-electron chi connectivity index (χ1n) is 6.59. The van der Waals surface area contributed by atoms with Crippen LogP contribution in [0.25, 0.3) is 0 Å². The molecule has 3 rings (SSSR count). The molecule has 19 heavy (non-hydrogen) atoms. The van der Waals surface area contributed by atoms with E-state index in [9.17, 15) is 4.79 Å². The van der Waals surface area contributed by atoms with Crippen LogP contribution in [0.1, 0.15) is 17.7 Å². The highest BCUT2D eigenvalue weighted by molar-refractivity contribution is 5.92. The number of anilines is 1. The summed E-state index contributed by atoms with van der Waals surface area (Å²) in [7, 11) is 0. The highest BCUT2D eigenvalue weighted by atomic mass is 16.1. The van der Waals surface area contributed by atoms with E-state index in [-0.39, 0.29) is 11.8 Å². The molecule has 0 fully saturated rings. The van der Waals surface area contributed by atoms with Crippen molar-refractivity contribution < 1.29 is 4.79 Å². The summed E-state index contributed by atoms with van der Waals surface area (Å²) in [6.45, 7) is 2.91. The fourth-order valence-corrected chi connectivity index (χ4v) is 2.47. The van der Waals surface area contributed by atoms with E-state index in [1.54, 1.807) is 0 Å². The molecule has 0 saturated heterocycles. The van der Waals surface area contributed by atoms with Crippen LogP contribution in [-0.2, 0) is 17.8 Å². The van der Waals surface area contributed by atoms with Crippen LogP contribution in [0.2, 0.25) is 0 Å². The smallest absolute Gasteiger partial charge is 0.227 e. The Morgan fingerprint density at radius 1 is 1.37 bits per heavy atom. The Bertz CT molecular complexity index is 586. The van der Waals surface area contributed by atoms with Crippen LogP contribution < -0.4 is 5.32 Å². The van der Waals surface area contributed by atoms with Gasteiger partial charge in [0.25, 0.3) is 0 Å². The molecule has 0 bridgehead atoms. The summed E-state index contributed by atoms with van der Waals surface area (Å²) < 4.78 is 2.12. The van der Waals surface area contributed by atoms with Crippen molar-refractivity contribution in [3.05, 3.63) is 48.0 Å². The first-order valence-corrected chi connectivity index (χ1v) is 6.59. The maximum Gasteiger partial charge on any atom is 0.227 e. The molecule has 1 amide bonds. The molecule has 1 unspecified atom stereocenters. The van der Waals surface area contributed by atoms with E-state index >= 15 is 0 Å². The van der Waals surface area contributed by atoms with Gasteiger partial charge in [-0.2, -0.15) is 0 Å². The molecule has 1 aliphatic rings. The Hall–Kier alpha value is -2.10. The monoisotopic (exact) mass is 255 g/mol. The summed E-state index contributed by atoms with van der Waals surface area (Å²) >= 11 is 0. The van der Waals surface area contributed by atoms with Gasteiger partial charge < -0.3 is 9.88 Å². The maximum absolute atomic E-state index is 12.2. The van der Waals surface area contributed by atoms with Crippen molar-refractivity contribution in [2.24, 2.45) is 5.92 Å². The zero-order chi connectivity index (χ0) is 13.2. The minimum atomic E-state index is 0.0468. The Balaban J connectivity index is 1.67. The van der Waals surface area contributed by atoms with Gasteiger partial charge in [0.2, 0.25) is 5.91 Å². The molecule has 1 N–H and O–H groups in total. The summed E-state index contributed by atoms with van der Waals surface area (Å²) in [5.74, 6) is 0.154. The summed E-state index contributed by atoms with van der Waals surface area (Å²) in [5, 5.41) is 2.99. The molecule has 0 saturated carbocycles. The lowest BCUT2D eigenvalue weighted by Crippen LogP contribution is -2.29. The van der Waals surface area contributed by atoms with Gasteiger partial charge >= 0.3 is 0 Å². The van der Waals surface area contributed by atoms with Crippen molar-refractivity contribution >= 4 is 11.6 Å². The molecular formula is C15H17N3O. The summed E-state index contributed by atoms with van der Waals surface area (Å²) in [6, 6.07) is 7.90. The molecule has 0 radical (unpaired) electrons. The molecule has 4 nitrogen and oxygen atoms in total. The number of benzene rings is 1. The quantitative estimate of drug-likeness (QED) is 0.895. The van der Waals surface area contributed by atoms with Crippen LogP contribution >= 0.6 is 0 Å². The number of nitrogens with one attached hydrogen (secondary N) is 1. The number of aromatic nitrogens is 2. The summed E-state index contributed by atoms with van der Waals surface area (Å²) in [6.07, 6.45) is 5.34. The molecule has 4 heteroatoms. The maximum atomic E-state index is 12.2. The highest BCUT2D eigenvalue weighted by Crippen LogP contribution is 2.21. The van der Waals surface area contributed by atoms with Crippen LogP contribution in [0, 0.1) is 12.8 Å². The van der Waals surface area contributed by atoms with E-state index in [1.165, 1.54) is 5.56 Å². The number of hydrogen-bond donors (Lipinski definition) is 1. The van der Waals surface area contributed by atoms with Crippen molar-refractivity contribution in [2.45, 2.75) is 26.3 Å². The third-order valence-electron chi connectivity index (χ3n) is 3.66. The molecule has 2 aromatic rings. The zero-order valence-electron chi connectivity index (χ0n) is 11.0. The van der Waals surface area contributed by atoms with Crippen LogP contribution in [-0.4, -0.2) is 15.5 Å². The van der Waals surface area contributed by atoms with E-state index in [2.05, 4.69) is 14.9 Å². The van der Waals surface area contributed by atoms with Crippen LogP contribution in [0.3, 0.4) is 0 Å². The van der Waals surface area contributed by atoms with E-state index in [0.29, 0.717) is 0 Å². The number of rotatable bonds is 2. The lowest BCUT2D eigenvalue weighted by Gasteiger charge is -2.23.